The highest BCUT2D eigenvalue weighted by Gasteiger charge is 2.44. The largest absolute Gasteiger partial charge is 0.311 e. The fourth-order valence-corrected chi connectivity index (χ4v) is 11.0. The first-order valence-electron chi connectivity index (χ1n) is 21.6. The molecule has 0 saturated heterocycles. The minimum atomic E-state index is -0.0167. The Balaban J connectivity index is 1.14. The third kappa shape index (κ3) is 6.14. The van der Waals surface area contributed by atoms with Crippen molar-refractivity contribution in [3.63, 3.8) is 0 Å². The van der Waals surface area contributed by atoms with Crippen molar-refractivity contribution in [3.05, 3.63) is 187 Å². The standard InChI is InChI=1S/C57H49BN2S/c1-36-32-50-55-51(33-36)60(43-28-22-39(23-29-43)44-17-13-19-53-54(44)45-16-11-12-18-52(45)61-53)49-35-41(57(5,6)7)24-30-46(49)58(55)47-34-40(56(2,3)4)25-31-48(47)59(50)42-26-20-38(21-27-42)37-14-9-8-10-15-37/h8-35H,1-7H3. The van der Waals surface area contributed by atoms with Crippen LogP contribution in [0.25, 0.3) is 42.4 Å². The number of anilines is 6. The minimum absolute atomic E-state index is 0.00537. The molecule has 0 saturated carbocycles. The first kappa shape index (κ1) is 37.6. The van der Waals surface area contributed by atoms with E-state index in [-0.39, 0.29) is 17.5 Å². The highest BCUT2D eigenvalue weighted by Crippen LogP contribution is 2.47. The predicted octanol–water partition coefficient (Wildman–Crippen LogP) is 14.4. The van der Waals surface area contributed by atoms with Crippen LogP contribution in [0.5, 0.6) is 0 Å². The van der Waals surface area contributed by atoms with E-state index in [2.05, 4.69) is 228 Å². The van der Waals surface area contributed by atoms with Gasteiger partial charge in [-0.2, -0.15) is 0 Å². The molecule has 61 heavy (non-hydrogen) atoms. The summed E-state index contributed by atoms with van der Waals surface area (Å²) in [5.41, 5.74) is 20.2. The number of nitrogens with zero attached hydrogens (tertiary/aromatic N) is 2. The van der Waals surface area contributed by atoms with Gasteiger partial charge in [-0.25, -0.2) is 0 Å². The predicted molar refractivity (Wildman–Crippen MR) is 266 cm³/mol. The van der Waals surface area contributed by atoms with E-state index in [9.17, 15) is 0 Å². The van der Waals surface area contributed by atoms with E-state index < -0.39 is 0 Å². The van der Waals surface area contributed by atoms with Crippen LogP contribution in [-0.4, -0.2) is 6.71 Å². The Labute approximate surface area is 364 Å². The summed E-state index contributed by atoms with van der Waals surface area (Å²) in [7, 11) is 0. The summed E-state index contributed by atoms with van der Waals surface area (Å²) in [5.74, 6) is 0. The maximum absolute atomic E-state index is 2.56. The molecule has 4 heteroatoms. The maximum atomic E-state index is 2.56. The van der Waals surface area contributed by atoms with Crippen LogP contribution in [0.2, 0.25) is 0 Å². The molecule has 2 aliphatic heterocycles. The van der Waals surface area contributed by atoms with Gasteiger partial charge >= 0.3 is 0 Å². The molecule has 2 nitrogen and oxygen atoms in total. The van der Waals surface area contributed by atoms with Crippen molar-refractivity contribution in [2.45, 2.75) is 59.3 Å². The lowest BCUT2D eigenvalue weighted by Crippen LogP contribution is -2.61. The summed E-state index contributed by atoms with van der Waals surface area (Å²) in [6.45, 7) is 16.3. The van der Waals surface area contributed by atoms with E-state index in [1.54, 1.807) is 0 Å². The second kappa shape index (κ2) is 13.8. The zero-order chi connectivity index (χ0) is 41.8. The number of hydrogen-bond acceptors (Lipinski definition) is 3. The molecule has 0 amide bonds. The Morgan fingerprint density at radius 3 is 1.70 bits per heavy atom. The molecule has 0 fully saturated rings. The van der Waals surface area contributed by atoms with Gasteiger partial charge in [0.2, 0.25) is 0 Å². The molecule has 0 radical (unpaired) electrons. The molecular formula is C57H49BN2S. The molecule has 3 heterocycles. The molecular weight excluding hydrogens is 756 g/mol. The van der Waals surface area contributed by atoms with E-state index in [4.69, 9.17) is 0 Å². The van der Waals surface area contributed by atoms with E-state index in [1.807, 2.05) is 11.3 Å². The van der Waals surface area contributed by atoms with Crippen LogP contribution in [0.4, 0.5) is 34.1 Å². The van der Waals surface area contributed by atoms with E-state index in [0.717, 1.165) is 11.4 Å². The molecule has 2 aliphatic rings. The molecule has 0 unspecified atom stereocenters. The summed E-state index contributed by atoms with van der Waals surface area (Å²) >= 11 is 1.88. The molecule has 0 bridgehead atoms. The van der Waals surface area contributed by atoms with Crippen LogP contribution in [0.3, 0.4) is 0 Å². The van der Waals surface area contributed by atoms with E-state index in [1.165, 1.54) is 98.3 Å². The SMILES string of the molecule is Cc1cc2c3c(c1)N(c1ccc(-c4cccc5sc6ccccc6c45)cc1)c1cc(C(C)(C)C)ccc1B3c1cc(C(C)(C)C)ccc1N2c1ccc(-c2ccccc2)cc1. The lowest BCUT2D eigenvalue weighted by Gasteiger charge is -2.45. The number of benzene rings is 8. The highest BCUT2D eigenvalue weighted by atomic mass is 32.1. The molecule has 11 rings (SSSR count). The van der Waals surface area contributed by atoms with Gasteiger partial charge in [-0.1, -0.05) is 151 Å². The van der Waals surface area contributed by atoms with Crippen molar-refractivity contribution in [2.75, 3.05) is 9.80 Å². The lowest BCUT2D eigenvalue weighted by molar-refractivity contribution is 0.590. The third-order valence-corrected chi connectivity index (χ3v) is 14.2. The Morgan fingerprint density at radius 2 is 1.02 bits per heavy atom. The van der Waals surface area contributed by atoms with E-state index >= 15 is 0 Å². The van der Waals surface area contributed by atoms with Gasteiger partial charge in [0, 0.05) is 54.3 Å². The van der Waals surface area contributed by atoms with Crippen LogP contribution in [-0.2, 0) is 10.8 Å². The summed E-state index contributed by atoms with van der Waals surface area (Å²) in [4.78, 5) is 5.09. The van der Waals surface area contributed by atoms with Crippen LogP contribution < -0.4 is 26.2 Å². The molecule has 9 aromatic rings. The maximum Gasteiger partial charge on any atom is 0.252 e. The Bertz CT molecular complexity index is 3170. The van der Waals surface area contributed by atoms with Crippen molar-refractivity contribution in [2.24, 2.45) is 0 Å². The summed E-state index contributed by atoms with van der Waals surface area (Å²) in [5, 5.41) is 2.67. The van der Waals surface area contributed by atoms with Crippen LogP contribution >= 0.6 is 11.3 Å². The van der Waals surface area contributed by atoms with Crippen molar-refractivity contribution in [1.82, 2.24) is 0 Å². The smallest absolute Gasteiger partial charge is 0.252 e. The van der Waals surface area contributed by atoms with Crippen molar-refractivity contribution in [3.8, 4) is 22.3 Å². The third-order valence-electron chi connectivity index (χ3n) is 13.0. The fraction of sp³-hybridized carbons (Fsp3) is 0.158. The van der Waals surface area contributed by atoms with Gasteiger partial charge in [0.15, 0.2) is 0 Å². The first-order valence-corrected chi connectivity index (χ1v) is 22.4. The fourth-order valence-electron chi connectivity index (χ4n) is 9.86. The van der Waals surface area contributed by atoms with Gasteiger partial charge in [-0.15, -0.1) is 11.3 Å². The molecule has 0 spiro atoms. The summed E-state index contributed by atoms with van der Waals surface area (Å²) in [6.07, 6.45) is 0. The van der Waals surface area contributed by atoms with Crippen LogP contribution in [0.15, 0.2) is 170 Å². The van der Waals surface area contributed by atoms with Gasteiger partial charge in [0.25, 0.3) is 6.71 Å². The molecule has 8 aromatic carbocycles. The monoisotopic (exact) mass is 804 g/mol. The van der Waals surface area contributed by atoms with Crippen molar-refractivity contribution in [1.29, 1.82) is 0 Å². The second-order valence-electron chi connectivity index (χ2n) is 19.1. The first-order chi connectivity index (χ1) is 29.4. The topological polar surface area (TPSA) is 6.48 Å². The van der Waals surface area contributed by atoms with E-state index in [0.29, 0.717) is 0 Å². The lowest BCUT2D eigenvalue weighted by atomic mass is 9.33. The minimum Gasteiger partial charge on any atom is -0.311 e. The van der Waals surface area contributed by atoms with Crippen LogP contribution in [0, 0.1) is 6.92 Å². The number of hydrogen-bond donors (Lipinski definition) is 0. The van der Waals surface area contributed by atoms with Gasteiger partial charge in [-0.05, 0) is 134 Å². The van der Waals surface area contributed by atoms with Gasteiger partial charge in [0.1, 0.15) is 0 Å². The van der Waals surface area contributed by atoms with Crippen molar-refractivity contribution < 1.29 is 0 Å². The zero-order valence-electron chi connectivity index (χ0n) is 36.0. The quantitative estimate of drug-likeness (QED) is 0.164. The highest BCUT2D eigenvalue weighted by molar-refractivity contribution is 7.26. The number of fused-ring (bicyclic) bond motifs is 7. The number of thiophene rings is 1. The molecule has 1 aromatic heterocycles. The second-order valence-corrected chi connectivity index (χ2v) is 20.2. The van der Waals surface area contributed by atoms with Gasteiger partial charge < -0.3 is 9.80 Å². The average molecular weight is 805 g/mol. The zero-order valence-corrected chi connectivity index (χ0v) is 36.9. The number of aryl methyl sites for hydroxylation is 1. The molecule has 296 valence electrons. The van der Waals surface area contributed by atoms with Crippen molar-refractivity contribution >= 4 is 88.7 Å². The van der Waals surface area contributed by atoms with Gasteiger partial charge in [0.05, 0.1) is 0 Å². The Kier molecular flexibility index (Phi) is 8.54. The molecule has 0 N–H and O–H groups in total. The molecule has 0 aliphatic carbocycles. The summed E-state index contributed by atoms with van der Waals surface area (Å²) in [6, 6.07) is 64.2. The van der Waals surface area contributed by atoms with Crippen LogP contribution in [0.1, 0.15) is 58.2 Å². The normalized spacial score (nSPS) is 13.4. The number of rotatable bonds is 4. The average Bonchev–Trinajstić information content (AvgIpc) is 3.65. The molecule has 0 atom stereocenters. The summed E-state index contributed by atoms with van der Waals surface area (Å²) < 4.78 is 2.66. The van der Waals surface area contributed by atoms with Gasteiger partial charge in [-0.3, -0.25) is 0 Å². The Hall–Kier alpha value is -6.36. The Morgan fingerprint density at radius 1 is 0.443 bits per heavy atom.